The van der Waals surface area contributed by atoms with Crippen LogP contribution in [0.15, 0.2) is 51.4 Å². The van der Waals surface area contributed by atoms with E-state index in [0.29, 0.717) is 32.9 Å². The van der Waals surface area contributed by atoms with Gasteiger partial charge in [0.2, 0.25) is 10.0 Å². The number of benzene rings is 1. The van der Waals surface area contributed by atoms with Crippen LogP contribution in [0.1, 0.15) is 12.8 Å². The number of sulfonamides is 1. The third kappa shape index (κ3) is 6.48. The van der Waals surface area contributed by atoms with Crippen LogP contribution in [0.5, 0.6) is 5.75 Å². The van der Waals surface area contributed by atoms with Crippen molar-refractivity contribution in [3.05, 3.63) is 52.7 Å². The molecule has 2 aromatic heterocycles. The van der Waals surface area contributed by atoms with Crippen molar-refractivity contribution in [2.75, 3.05) is 26.2 Å². The Bertz CT molecular complexity index is 1160. The van der Waals surface area contributed by atoms with Gasteiger partial charge < -0.3 is 19.3 Å². The summed E-state index contributed by atoms with van der Waals surface area (Å²) in [4.78, 5) is 2.79. The van der Waals surface area contributed by atoms with Gasteiger partial charge in [-0.2, -0.15) is 0 Å². The Morgan fingerprint density at radius 2 is 2.00 bits per heavy atom. The lowest BCUT2D eigenvalue weighted by Gasteiger charge is -2.33. The third-order valence-corrected chi connectivity index (χ3v) is 9.01. The van der Waals surface area contributed by atoms with Gasteiger partial charge in [-0.05, 0) is 37.1 Å². The molecular weight excluding hydrogens is 509 g/mol. The molecule has 178 valence electrons. The van der Waals surface area contributed by atoms with Gasteiger partial charge in [0.1, 0.15) is 28.0 Å². The number of nitrogens with one attached hydrogen (secondary N) is 1. The molecule has 1 aliphatic rings. The van der Waals surface area contributed by atoms with Gasteiger partial charge in [0.25, 0.3) is 0 Å². The van der Waals surface area contributed by atoms with Crippen molar-refractivity contribution in [1.82, 2.24) is 14.8 Å². The smallest absolute Gasteiger partial charge is 0.250 e. The first-order valence-electron chi connectivity index (χ1n) is 10.3. The van der Waals surface area contributed by atoms with E-state index in [1.165, 1.54) is 12.3 Å². The monoisotopic (exact) mass is 531 g/mol. The molecule has 33 heavy (non-hydrogen) atoms. The average molecular weight is 532 g/mol. The molecule has 0 amide bonds. The van der Waals surface area contributed by atoms with Gasteiger partial charge in [0.15, 0.2) is 0 Å². The summed E-state index contributed by atoms with van der Waals surface area (Å²) in [6.07, 6.45) is 2.23. The van der Waals surface area contributed by atoms with Gasteiger partial charge in [-0.1, -0.05) is 28.4 Å². The summed E-state index contributed by atoms with van der Waals surface area (Å²) in [5, 5.41) is 15.1. The van der Waals surface area contributed by atoms with Crippen LogP contribution in [0, 0.1) is 0 Å². The minimum Gasteiger partial charge on any atom is -0.490 e. The molecule has 1 aliphatic heterocycles. The Morgan fingerprint density at radius 1 is 1.21 bits per heavy atom. The molecule has 1 atom stereocenters. The van der Waals surface area contributed by atoms with Gasteiger partial charge >= 0.3 is 0 Å². The van der Waals surface area contributed by atoms with Gasteiger partial charge in [-0.15, -0.1) is 11.3 Å². The molecule has 0 saturated carbocycles. The molecule has 3 heterocycles. The Balaban J connectivity index is 1.21. The van der Waals surface area contributed by atoms with E-state index in [1.807, 2.05) is 0 Å². The summed E-state index contributed by atoms with van der Waals surface area (Å²) in [7, 11) is -3.72. The van der Waals surface area contributed by atoms with Crippen LogP contribution in [0.2, 0.25) is 10.0 Å². The number of aliphatic hydroxyl groups excluding tert-OH is 1. The van der Waals surface area contributed by atoms with Crippen LogP contribution in [0.3, 0.4) is 0 Å². The number of β-amino-alcohol motifs (C(OH)–C–C–N with tert-alkyl or cyclic N) is 1. The van der Waals surface area contributed by atoms with E-state index in [4.69, 9.17) is 32.5 Å². The van der Waals surface area contributed by atoms with Crippen LogP contribution in [0.25, 0.3) is 10.6 Å². The second-order valence-electron chi connectivity index (χ2n) is 7.70. The zero-order chi connectivity index (χ0) is 23.4. The fourth-order valence-corrected chi connectivity index (χ4v) is 6.21. The van der Waals surface area contributed by atoms with Crippen LogP contribution in [-0.2, 0) is 10.0 Å². The van der Waals surface area contributed by atoms with Crippen molar-refractivity contribution in [2.24, 2.45) is 0 Å². The number of piperidine rings is 1. The minimum atomic E-state index is -3.72. The molecule has 12 heteroatoms. The maximum atomic E-state index is 12.6. The molecule has 1 saturated heterocycles. The first-order chi connectivity index (χ1) is 15.8. The van der Waals surface area contributed by atoms with E-state index >= 15 is 0 Å². The molecule has 0 radical (unpaired) electrons. The number of rotatable bonds is 9. The Hall–Kier alpha value is -1.66. The number of aromatic nitrogens is 1. The Kier molecular flexibility index (Phi) is 7.95. The highest BCUT2D eigenvalue weighted by molar-refractivity contribution is 7.91. The molecule has 1 unspecified atom stereocenters. The summed E-state index contributed by atoms with van der Waals surface area (Å²) in [6.45, 7) is 1.78. The number of ether oxygens (including phenoxy) is 1. The van der Waals surface area contributed by atoms with Crippen molar-refractivity contribution < 1.29 is 22.8 Å². The molecule has 0 spiro atoms. The predicted octanol–water partition coefficient (Wildman–Crippen LogP) is 3.89. The number of hydrogen-bond acceptors (Lipinski definition) is 8. The number of aliphatic hydroxyl groups is 1. The molecule has 1 aromatic carbocycles. The number of likely N-dealkylation sites (tertiary alicyclic amines) is 1. The maximum Gasteiger partial charge on any atom is 0.250 e. The molecule has 4 rings (SSSR count). The second-order valence-corrected chi connectivity index (χ2v) is 11.6. The highest BCUT2D eigenvalue weighted by Gasteiger charge is 2.24. The van der Waals surface area contributed by atoms with Crippen LogP contribution < -0.4 is 9.46 Å². The van der Waals surface area contributed by atoms with Crippen molar-refractivity contribution in [3.63, 3.8) is 0 Å². The van der Waals surface area contributed by atoms with E-state index in [2.05, 4.69) is 14.8 Å². The molecular formula is C21H23Cl2N3O5S2. The van der Waals surface area contributed by atoms with E-state index in [0.717, 1.165) is 37.3 Å². The number of hydrogen-bond donors (Lipinski definition) is 2. The number of thiophene rings is 1. The van der Waals surface area contributed by atoms with Crippen molar-refractivity contribution >= 4 is 44.6 Å². The standard InChI is InChI=1S/C21H23Cl2N3O5S2/c22-17-2-1-16(11-18(17)23)31-15-5-8-26(9-6-15)13-14(27)12-24-33(28,29)21-4-3-20(32-21)19-7-10-30-25-19/h1-4,7,10-11,14-15,24,27H,5-6,8-9,12-13H2. The van der Waals surface area contributed by atoms with E-state index in [9.17, 15) is 13.5 Å². The summed E-state index contributed by atoms with van der Waals surface area (Å²) in [5.74, 6) is 0.678. The quantitative estimate of drug-likeness (QED) is 0.431. The van der Waals surface area contributed by atoms with Gasteiger partial charge in [-0.25, -0.2) is 13.1 Å². The molecule has 1 fully saturated rings. The normalized spacial score (nSPS) is 16.7. The molecule has 0 aliphatic carbocycles. The second kappa shape index (κ2) is 10.7. The van der Waals surface area contributed by atoms with Crippen molar-refractivity contribution in [3.8, 4) is 16.3 Å². The first-order valence-corrected chi connectivity index (χ1v) is 13.4. The lowest BCUT2D eigenvalue weighted by atomic mass is 10.1. The van der Waals surface area contributed by atoms with Gasteiger partial charge in [-0.3, -0.25) is 0 Å². The van der Waals surface area contributed by atoms with Crippen molar-refractivity contribution in [2.45, 2.75) is 29.3 Å². The van der Waals surface area contributed by atoms with E-state index in [-0.39, 0.29) is 16.9 Å². The fourth-order valence-electron chi connectivity index (χ4n) is 3.53. The number of halogens is 2. The lowest BCUT2D eigenvalue weighted by Crippen LogP contribution is -2.44. The van der Waals surface area contributed by atoms with Crippen LogP contribution >= 0.6 is 34.5 Å². The van der Waals surface area contributed by atoms with Crippen LogP contribution in [0.4, 0.5) is 0 Å². The topological polar surface area (TPSA) is 105 Å². The lowest BCUT2D eigenvalue weighted by molar-refractivity contribution is 0.0630. The average Bonchev–Trinajstić information content (AvgIpc) is 3.49. The van der Waals surface area contributed by atoms with Gasteiger partial charge in [0.05, 0.1) is 21.0 Å². The number of nitrogens with zero attached hydrogens (tertiary/aromatic N) is 2. The molecule has 8 nitrogen and oxygen atoms in total. The van der Waals surface area contributed by atoms with Gasteiger partial charge in [0, 0.05) is 38.3 Å². The molecule has 2 N–H and O–H groups in total. The Morgan fingerprint density at radius 3 is 2.70 bits per heavy atom. The summed E-state index contributed by atoms with van der Waals surface area (Å²) in [5.41, 5.74) is 0.577. The van der Waals surface area contributed by atoms with E-state index < -0.39 is 16.1 Å². The molecule has 0 bridgehead atoms. The summed E-state index contributed by atoms with van der Waals surface area (Å²) >= 11 is 13.1. The summed E-state index contributed by atoms with van der Waals surface area (Å²) in [6, 6.07) is 10.1. The minimum absolute atomic E-state index is 0.0480. The fraction of sp³-hybridized carbons (Fsp3) is 0.381. The third-order valence-electron chi connectivity index (χ3n) is 5.24. The largest absolute Gasteiger partial charge is 0.490 e. The zero-order valence-corrected chi connectivity index (χ0v) is 20.6. The predicted molar refractivity (Wildman–Crippen MR) is 128 cm³/mol. The molecule has 3 aromatic rings. The SMILES string of the molecule is O=S(=O)(NCC(O)CN1CCC(Oc2ccc(Cl)c(Cl)c2)CC1)c1ccc(-c2ccon2)s1. The van der Waals surface area contributed by atoms with E-state index in [1.54, 1.807) is 30.3 Å². The maximum absolute atomic E-state index is 12.6. The zero-order valence-electron chi connectivity index (χ0n) is 17.5. The first kappa shape index (κ1) is 24.5. The summed E-state index contributed by atoms with van der Waals surface area (Å²) < 4.78 is 38.6. The Labute approximate surface area is 206 Å². The van der Waals surface area contributed by atoms with Crippen molar-refractivity contribution in [1.29, 1.82) is 0 Å². The van der Waals surface area contributed by atoms with Crippen LogP contribution in [-0.4, -0.2) is 62.0 Å². The highest BCUT2D eigenvalue weighted by atomic mass is 35.5. The highest BCUT2D eigenvalue weighted by Crippen LogP contribution is 2.30.